The van der Waals surface area contributed by atoms with E-state index >= 15 is 0 Å². The first-order valence-corrected chi connectivity index (χ1v) is 6.55. The minimum atomic E-state index is -0.310. The highest BCUT2D eigenvalue weighted by Gasteiger charge is 2.39. The van der Waals surface area contributed by atoms with Gasteiger partial charge in [-0.1, -0.05) is 32.4 Å². The van der Waals surface area contributed by atoms with Crippen LogP contribution in [0.1, 0.15) is 44.7 Å². The van der Waals surface area contributed by atoms with Gasteiger partial charge in [0, 0.05) is 11.6 Å². The van der Waals surface area contributed by atoms with E-state index < -0.39 is 0 Å². The molecule has 2 atom stereocenters. The van der Waals surface area contributed by atoms with E-state index in [1.807, 2.05) is 0 Å². The highest BCUT2D eigenvalue weighted by atomic mass is 19.1. The van der Waals surface area contributed by atoms with Crippen molar-refractivity contribution in [3.8, 4) is 5.75 Å². The number of hydrogen-bond donors (Lipinski definition) is 1. The fourth-order valence-corrected chi connectivity index (χ4v) is 3.18. The number of nitrogens with two attached hydrogens (primary N) is 1. The van der Waals surface area contributed by atoms with Gasteiger partial charge in [0.2, 0.25) is 0 Å². The molecular weight excluding hydrogens is 229 g/mol. The summed E-state index contributed by atoms with van der Waals surface area (Å²) in [5.74, 6) is 0.299. The molecule has 0 aliphatic heterocycles. The lowest BCUT2D eigenvalue weighted by Crippen LogP contribution is -2.30. The normalized spacial score (nSPS) is 23.9. The van der Waals surface area contributed by atoms with Crippen LogP contribution in [0.25, 0.3) is 0 Å². The minimum absolute atomic E-state index is 0.189. The van der Waals surface area contributed by atoms with E-state index in [0.29, 0.717) is 11.5 Å². The summed E-state index contributed by atoms with van der Waals surface area (Å²) in [5, 5.41) is 0. The van der Waals surface area contributed by atoms with Gasteiger partial charge in [0.15, 0.2) is 11.6 Å². The molecule has 0 bridgehead atoms. The van der Waals surface area contributed by atoms with E-state index in [1.165, 1.54) is 13.5 Å². The summed E-state index contributed by atoms with van der Waals surface area (Å²) in [5.41, 5.74) is 7.07. The smallest absolute Gasteiger partial charge is 0.169 e. The van der Waals surface area contributed by atoms with Gasteiger partial charge in [-0.2, -0.15) is 0 Å². The second kappa shape index (κ2) is 4.88. The van der Waals surface area contributed by atoms with Gasteiger partial charge in [0.1, 0.15) is 0 Å². The molecule has 0 saturated heterocycles. The Labute approximate surface area is 108 Å². The molecule has 0 amide bonds. The molecule has 0 heterocycles. The molecule has 2 nitrogen and oxygen atoms in total. The number of methoxy groups -OCH3 is 1. The highest BCUT2D eigenvalue weighted by Crippen LogP contribution is 2.48. The van der Waals surface area contributed by atoms with Gasteiger partial charge in [-0.05, 0) is 30.2 Å². The Morgan fingerprint density at radius 3 is 2.72 bits per heavy atom. The zero-order chi connectivity index (χ0) is 13.3. The zero-order valence-electron chi connectivity index (χ0n) is 11.4. The van der Waals surface area contributed by atoms with Crippen LogP contribution in [0.3, 0.4) is 0 Å². The Kier molecular flexibility index (Phi) is 3.62. The lowest BCUT2D eigenvalue weighted by Gasteiger charge is -2.32. The molecule has 1 aliphatic carbocycles. The van der Waals surface area contributed by atoms with Crippen molar-refractivity contribution in [1.82, 2.24) is 0 Å². The van der Waals surface area contributed by atoms with Crippen molar-refractivity contribution >= 4 is 0 Å². The number of halogens is 1. The van der Waals surface area contributed by atoms with Crippen LogP contribution in [-0.2, 0) is 0 Å². The predicted molar refractivity (Wildman–Crippen MR) is 71.0 cm³/mol. The second-order valence-electron chi connectivity index (χ2n) is 5.88. The maximum Gasteiger partial charge on any atom is 0.169 e. The fourth-order valence-electron chi connectivity index (χ4n) is 3.18. The molecule has 2 unspecified atom stereocenters. The molecule has 2 N–H and O–H groups in total. The summed E-state index contributed by atoms with van der Waals surface area (Å²) in [6, 6.07) is 4.96. The molecule has 1 fully saturated rings. The summed E-state index contributed by atoms with van der Waals surface area (Å²) in [6.07, 6.45) is 3.42. The number of rotatable bonds is 3. The van der Waals surface area contributed by atoms with E-state index in [4.69, 9.17) is 10.5 Å². The Morgan fingerprint density at radius 2 is 2.17 bits per heavy atom. The van der Waals surface area contributed by atoms with Crippen molar-refractivity contribution in [1.29, 1.82) is 0 Å². The van der Waals surface area contributed by atoms with E-state index in [-0.39, 0.29) is 23.0 Å². The zero-order valence-corrected chi connectivity index (χ0v) is 11.4. The third-order valence-electron chi connectivity index (χ3n) is 4.35. The van der Waals surface area contributed by atoms with Crippen LogP contribution < -0.4 is 10.5 Å². The lowest BCUT2D eigenvalue weighted by molar-refractivity contribution is 0.219. The third-order valence-corrected chi connectivity index (χ3v) is 4.35. The molecule has 1 aromatic carbocycles. The summed E-state index contributed by atoms with van der Waals surface area (Å²) >= 11 is 0. The highest BCUT2D eigenvalue weighted by molar-refractivity contribution is 5.33. The first kappa shape index (κ1) is 13.3. The fraction of sp³-hybridized carbons (Fsp3) is 0.600. The topological polar surface area (TPSA) is 35.2 Å². The van der Waals surface area contributed by atoms with E-state index in [2.05, 4.69) is 13.8 Å². The molecule has 0 spiro atoms. The Hall–Kier alpha value is -1.09. The maximum absolute atomic E-state index is 14.2. The number of hydrogen-bond acceptors (Lipinski definition) is 2. The van der Waals surface area contributed by atoms with Crippen molar-refractivity contribution in [3.63, 3.8) is 0 Å². The van der Waals surface area contributed by atoms with E-state index in [1.54, 1.807) is 18.2 Å². The molecule has 1 aliphatic rings. The van der Waals surface area contributed by atoms with Crippen LogP contribution in [0, 0.1) is 17.2 Å². The largest absolute Gasteiger partial charge is 0.494 e. The monoisotopic (exact) mass is 251 g/mol. The van der Waals surface area contributed by atoms with Crippen LogP contribution in [0.5, 0.6) is 5.75 Å². The van der Waals surface area contributed by atoms with E-state index in [9.17, 15) is 4.39 Å². The van der Waals surface area contributed by atoms with Crippen molar-refractivity contribution in [3.05, 3.63) is 29.6 Å². The predicted octanol–water partition coefficient (Wildman–Crippen LogP) is 3.66. The van der Waals surface area contributed by atoms with Crippen molar-refractivity contribution in [2.45, 2.75) is 39.2 Å². The summed E-state index contributed by atoms with van der Waals surface area (Å²) in [6.45, 7) is 4.45. The molecule has 2 rings (SSSR count). The third kappa shape index (κ3) is 2.24. The van der Waals surface area contributed by atoms with Crippen LogP contribution in [0.2, 0.25) is 0 Å². The summed E-state index contributed by atoms with van der Waals surface area (Å²) < 4.78 is 19.2. The molecule has 3 heteroatoms. The average Bonchev–Trinajstić information content (AvgIpc) is 2.68. The standard InChI is InChI=1S/C15H22FNO/c1-15(2)9-5-7-11(15)14(17)10-6-4-8-12(18-3)13(10)16/h4,6,8,11,14H,5,7,9,17H2,1-3H3. The maximum atomic E-state index is 14.2. The summed E-state index contributed by atoms with van der Waals surface area (Å²) in [7, 11) is 1.48. The molecule has 100 valence electrons. The van der Waals surface area contributed by atoms with Crippen LogP contribution in [-0.4, -0.2) is 7.11 Å². The summed E-state index contributed by atoms with van der Waals surface area (Å²) in [4.78, 5) is 0. The van der Waals surface area contributed by atoms with Crippen molar-refractivity contribution in [2.75, 3.05) is 7.11 Å². The second-order valence-corrected chi connectivity index (χ2v) is 5.88. The molecule has 0 radical (unpaired) electrons. The molecule has 1 aromatic rings. The van der Waals surface area contributed by atoms with Crippen molar-refractivity contribution < 1.29 is 9.13 Å². The number of ether oxygens (including phenoxy) is 1. The van der Waals surface area contributed by atoms with Gasteiger partial charge in [-0.25, -0.2) is 4.39 Å². The Balaban J connectivity index is 2.31. The van der Waals surface area contributed by atoms with E-state index in [0.717, 1.165) is 12.8 Å². The Bertz CT molecular complexity index is 431. The van der Waals surface area contributed by atoms with Gasteiger partial charge < -0.3 is 10.5 Å². The van der Waals surface area contributed by atoms with Crippen LogP contribution >= 0.6 is 0 Å². The van der Waals surface area contributed by atoms with Gasteiger partial charge in [-0.3, -0.25) is 0 Å². The average molecular weight is 251 g/mol. The van der Waals surface area contributed by atoms with Crippen molar-refractivity contribution in [2.24, 2.45) is 17.1 Å². The van der Waals surface area contributed by atoms with Gasteiger partial charge in [0.05, 0.1) is 7.11 Å². The Morgan fingerprint density at radius 1 is 1.44 bits per heavy atom. The number of benzene rings is 1. The van der Waals surface area contributed by atoms with Gasteiger partial charge >= 0.3 is 0 Å². The van der Waals surface area contributed by atoms with Crippen LogP contribution in [0.15, 0.2) is 18.2 Å². The van der Waals surface area contributed by atoms with Gasteiger partial charge in [0.25, 0.3) is 0 Å². The SMILES string of the molecule is COc1cccc(C(N)C2CCCC2(C)C)c1F. The molecule has 0 aromatic heterocycles. The first-order chi connectivity index (χ1) is 8.47. The van der Waals surface area contributed by atoms with Crippen LogP contribution in [0.4, 0.5) is 4.39 Å². The lowest BCUT2D eigenvalue weighted by atomic mass is 9.76. The molecule has 1 saturated carbocycles. The minimum Gasteiger partial charge on any atom is -0.494 e. The molecular formula is C15H22FNO. The van der Waals surface area contributed by atoms with Gasteiger partial charge in [-0.15, -0.1) is 0 Å². The quantitative estimate of drug-likeness (QED) is 0.889. The first-order valence-electron chi connectivity index (χ1n) is 6.55. The molecule has 18 heavy (non-hydrogen) atoms.